The van der Waals surface area contributed by atoms with E-state index < -0.39 is 17.3 Å². The molecule has 3 rings (SSSR count). The van der Waals surface area contributed by atoms with E-state index in [0.717, 1.165) is 21.3 Å². The smallest absolute Gasteiger partial charge is 0.132 e. The van der Waals surface area contributed by atoms with Gasteiger partial charge in [0, 0.05) is 10.0 Å². The van der Waals surface area contributed by atoms with Gasteiger partial charge < -0.3 is 9.90 Å². The Balaban J connectivity index is 2.34. The van der Waals surface area contributed by atoms with Crippen molar-refractivity contribution in [2.75, 3.05) is 0 Å². The van der Waals surface area contributed by atoms with Crippen molar-refractivity contribution >= 4 is 32.7 Å². The highest BCUT2D eigenvalue weighted by atomic mass is 79.9. The van der Waals surface area contributed by atoms with Crippen LogP contribution in [-0.4, -0.2) is 5.97 Å². The molecule has 104 valence electrons. The van der Waals surface area contributed by atoms with Gasteiger partial charge in [-0.05, 0) is 43.9 Å². The van der Waals surface area contributed by atoms with Crippen molar-refractivity contribution in [3.8, 4) is 11.1 Å². The van der Waals surface area contributed by atoms with E-state index in [1.54, 1.807) is 12.1 Å². The quantitative estimate of drug-likeness (QED) is 0.710. The van der Waals surface area contributed by atoms with E-state index in [1.807, 2.05) is 30.3 Å². The van der Waals surface area contributed by atoms with E-state index in [1.165, 1.54) is 6.07 Å². The molecule has 0 spiro atoms. The molecule has 3 aromatic rings. The van der Waals surface area contributed by atoms with Crippen molar-refractivity contribution in [2.45, 2.75) is 0 Å². The first-order valence-electron chi connectivity index (χ1n) is 6.27. The van der Waals surface area contributed by atoms with Crippen molar-refractivity contribution in [1.29, 1.82) is 0 Å². The summed E-state index contributed by atoms with van der Waals surface area (Å²) in [5, 5.41) is 13.2. The van der Waals surface area contributed by atoms with Gasteiger partial charge in [0.25, 0.3) is 0 Å². The fourth-order valence-electron chi connectivity index (χ4n) is 2.40. The first-order valence-corrected chi connectivity index (χ1v) is 7.06. The number of aromatic carboxylic acids is 1. The molecule has 0 N–H and O–H groups in total. The number of hydrogen-bond acceptors (Lipinski definition) is 2. The van der Waals surface area contributed by atoms with Gasteiger partial charge in [0.2, 0.25) is 0 Å². The average molecular weight is 344 g/mol. The van der Waals surface area contributed by atoms with E-state index in [0.29, 0.717) is 11.1 Å². The summed E-state index contributed by atoms with van der Waals surface area (Å²) in [5.74, 6) is -2.32. The minimum Gasteiger partial charge on any atom is -0.545 e. The van der Waals surface area contributed by atoms with Crippen LogP contribution >= 0.6 is 15.9 Å². The lowest BCUT2D eigenvalue weighted by atomic mass is 9.97. The van der Waals surface area contributed by atoms with Gasteiger partial charge >= 0.3 is 0 Å². The second-order valence-electron chi connectivity index (χ2n) is 4.60. The van der Waals surface area contributed by atoms with Crippen LogP contribution in [0, 0.1) is 5.82 Å². The summed E-state index contributed by atoms with van der Waals surface area (Å²) in [5.41, 5.74) is 0.494. The van der Waals surface area contributed by atoms with Gasteiger partial charge in [0.15, 0.2) is 0 Å². The fourth-order valence-corrected chi connectivity index (χ4v) is 3.10. The topological polar surface area (TPSA) is 40.1 Å². The Morgan fingerprint density at radius 2 is 1.71 bits per heavy atom. The summed E-state index contributed by atoms with van der Waals surface area (Å²) >= 11 is 3.49. The molecule has 0 amide bonds. The zero-order valence-electron chi connectivity index (χ0n) is 10.8. The number of fused-ring (bicyclic) bond motifs is 1. The molecule has 3 aromatic carbocycles. The number of benzene rings is 3. The van der Waals surface area contributed by atoms with E-state index in [2.05, 4.69) is 15.9 Å². The first-order chi connectivity index (χ1) is 10.1. The summed E-state index contributed by atoms with van der Waals surface area (Å²) in [6.45, 7) is 0. The number of carbonyl (C=O) groups is 1. The standard InChI is InChI=1S/C17H10BrFO2/c18-16-11-5-2-1-4-10(11)8-9-13(16)12-6-3-7-14(19)15(12)17(20)21/h1-9H,(H,20,21)/p-1. The van der Waals surface area contributed by atoms with Crippen LogP contribution < -0.4 is 5.11 Å². The molecule has 0 aliphatic carbocycles. The van der Waals surface area contributed by atoms with Crippen LogP contribution in [0.3, 0.4) is 0 Å². The van der Waals surface area contributed by atoms with Crippen LogP contribution in [0.4, 0.5) is 4.39 Å². The normalized spacial score (nSPS) is 10.8. The molecule has 0 heterocycles. The molecular formula is C17H9BrFO2-. The third-order valence-corrected chi connectivity index (χ3v) is 4.23. The minimum atomic E-state index is -1.52. The number of rotatable bonds is 2. The highest BCUT2D eigenvalue weighted by Gasteiger charge is 2.14. The molecule has 0 fully saturated rings. The molecule has 0 aromatic heterocycles. The Labute approximate surface area is 129 Å². The number of halogens is 2. The second-order valence-corrected chi connectivity index (χ2v) is 5.39. The number of carboxylic acids is 1. The molecule has 0 bridgehead atoms. The Kier molecular flexibility index (Phi) is 3.47. The Morgan fingerprint density at radius 1 is 0.952 bits per heavy atom. The van der Waals surface area contributed by atoms with Gasteiger partial charge in [-0.1, -0.05) is 48.5 Å². The van der Waals surface area contributed by atoms with Crippen LogP contribution in [0.25, 0.3) is 21.9 Å². The van der Waals surface area contributed by atoms with Gasteiger partial charge in [0.05, 0.1) is 5.97 Å². The maximum atomic E-state index is 13.8. The molecule has 0 saturated carbocycles. The number of hydrogen-bond donors (Lipinski definition) is 0. The van der Waals surface area contributed by atoms with Crippen LogP contribution in [0.15, 0.2) is 59.1 Å². The SMILES string of the molecule is O=C([O-])c1c(F)cccc1-c1ccc2ccccc2c1Br. The Bertz CT molecular complexity index is 859. The highest BCUT2D eigenvalue weighted by Crippen LogP contribution is 2.36. The summed E-state index contributed by atoms with van der Waals surface area (Å²) in [6, 6.07) is 15.5. The predicted octanol–water partition coefficient (Wildman–Crippen LogP) is 3.77. The molecule has 21 heavy (non-hydrogen) atoms. The molecule has 0 radical (unpaired) electrons. The van der Waals surface area contributed by atoms with Crippen molar-refractivity contribution in [2.24, 2.45) is 0 Å². The van der Waals surface area contributed by atoms with Gasteiger partial charge in [-0.15, -0.1) is 0 Å². The predicted molar refractivity (Wildman–Crippen MR) is 81.4 cm³/mol. The van der Waals surface area contributed by atoms with E-state index in [9.17, 15) is 14.3 Å². The third kappa shape index (κ3) is 2.32. The van der Waals surface area contributed by atoms with Crippen LogP contribution in [-0.2, 0) is 0 Å². The van der Waals surface area contributed by atoms with Crippen molar-refractivity contribution in [3.63, 3.8) is 0 Å². The Morgan fingerprint density at radius 3 is 2.48 bits per heavy atom. The lowest BCUT2D eigenvalue weighted by molar-refractivity contribution is -0.255. The second kappa shape index (κ2) is 5.30. The molecule has 2 nitrogen and oxygen atoms in total. The maximum absolute atomic E-state index is 13.8. The lowest BCUT2D eigenvalue weighted by Gasteiger charge is -2.14. The molecule has 0 aliphatic rings. The lowest BCUT2D eigenvalue weighted by Crippen LogP contribution is -2.24. The van der Waals surface area contributed by atoms with Gasteiger partial charge in [-0.25, -0.2) is 4.39 Å². The summed E-state index contributed by atoms with van der Waals surface area (Å²) < 4.78 is 14.5. The van der Waals surface area contributed by atoms with Crippen LogP contribution in [0.1, 0.15) is 10.4 Å². The fraction of sp³-hybridized carbons (Fsp3) is 0. The molecule has 4 heteroatoms. The van der Waals surface area contributed by atoms with Crippen LogP contribution in [0.2, 0.25) is 0 Å². The summed E-state index contributed by atoms with van der Waals surface area (Å²) in [4.78, 5) is 11.2. The van der Waals surface area contributed by atoms with Crippen molar-refractivity contribution < 1.29 is 14.3 Å². The zero-order valence-corrected chi connectivity index (χ0v) is 12.4. The van der Waals surface area contributed by atoms with Gasteiger partial charge in [-0.2, -0.15) is 0 Å². The van der Waals surface area contributed by atoms with Crippen molar-refractivity contribution in [3.05, 3.63) is 70.5 Å². The number of carbonyl (C=O) groups excluding carboxylic acids is 1. The van der Waals surface area contributed by atoms with Gasteiger partial charge in [0.1, 0.15) is 5.82 Å². The molecular weight excluding hydrogens is 335 g/mol. The Hall–Kier alpha value is -2.20. The average Bonchev–Trinajstić information content (AvgIpc) is 2.47. The molecule has 0 unspecified atom stereocenters. The molecule has 0 saturated heterocycles. The monoisotopic (exact) mass is 343 g/mol. The van der Waals surface area contributed by atoms with Crippen molar-refractivity contribution in [1.82, 2.24) is 0 Å². The molecule has 0 aliphatic heterocycles. The van der Waals surface area contributed by atoms with E-state index in [4.69, 9.17) is 0 Å². The van der Waals surface area contributed by atoms with Crippen LogP contribution in [0.5, 0.6) is 0 Å². The van der Waals surface area contributed by atoms with Gasteiger partial charge in [-0.3, -0.25) is 0 Å². The summed E-state index contributed by atoms with van der Waals surface area (Å²) in [7, 11) is 0. The van der Waals surface area contributed by atoms with E-state index >= 15 is 0 Å². The minimum absolute atomic E-state index is 0.299. The largest absolute Gasteiger partial charge is 0.545 e. The maximum Gasteiger partial charge on any atom is 0.132 e. The first kappa shape index (κ1) is 13.8. The zero-order chi connectivity index (χ0) is 15.0. The molecule has 0 atom stereocenters. The summed E-state index contributed by atoms with van der Waals surface area (Å²) in [6.07, 6.45) is 0. The number of carboxylic acid groups (broad SMARTS) is 1. The highest BCUT2D eigenvalue weighted by molar-refractivity contribution is 9.10. The van der Waals surface area contributed by atoms with E-state index in [-0.39, 0.29) is 0 Å². The third-order valence-electron chi connectivity index (χ3n) is 3.37.